The lowest BCUT2D eigenvalue weighted by Crippen LogP contribution is -2.23. The van der Waals surface area contributed by atoms with E-state index in [1.165, 1.54) is 0 Å². The molecule has 0 amide bonds. The molecular formula is C19H20F5N3O4Si. The van der Waals surface area contributed by atoms with Gasteiger partial charge in [-0.05, 0) is 18.2 Å². The molecule has 174 valence electrons. The Balaban J connectivity index is 2.15. The van der Waals surface area contributed by atoms with Crippen molar-refractivity contribution >= 4 is 19.2 Å². The van der Waals surface area contributed by atoms with Gasteiger partial charge in [0.2, 0.25) is 0 Å². The minimum atomic E-state index is -4.83. The second-order valence-corrected chi connectivity index (χ2v) is 13.9. The Labute approximate surface area is 178 Å². The van der Waals surface area contributed by atoms with Gasteiger partial charge in [-0.1, -0.05) is 19.6 Å². The minimum absolute atomic E-state index is 0.163. The third-order valence-corrected chi connectivity index (χ3v) is 6.33. The van der Waals surface area contributed by atoms with E-state index in [0.717, 1.165) is 18.3 Å². The number of nitrogens with one attached hydrogen (secondary N) is 1. The van der Waals surface area contributed by atoms with Crippen LogP contribution in [-0.2, 0) is 17.6 Å². The van der Waals surface area contributed by atoms with E-state index in [4.69, 9.17) is 9.15 Å². The van der Waals surface area contributed by atoms with Crippen LogP contribution in [-0.4, -0.2) is 29.2 Å². The molecule has 13 heteroatoms. The Morgan fingerprint density at radius 2 is 1.91 bits per heavy atom. The summed E-state index contributed by atoms with van der Waals surface area (Å²) in [6, 6.07) is 2.37. The van der Waals surface area contributed by atoms with Gasteiger partial charge in [0.25, 0.3) is 12.0 Å². The molecule has 3 rings (SSSR count). The summed E-state index contributed by atoms with van der Waals surface area (Å²) in [5, 5.41) is 0. The molecule has 0 unspecified atom stereocenters. The average Bonchev–Trinajstić information content (AvgIpc) is 2.99. The van der Waals surface area contributed by atoms with Crippen LogP contribution < -0.4 is 11.3 Å². The van der Waals surface area contributed by atoms with Gasteiger partial charge in [-0.15, -0.1) is 0 Å². The quantitative estimate of drug-likeness (QED) is 0.305. The zero-order chi connectivity index (χ0) is 23.8. The number of rotatable bonds is 7. The highest BCUT2D eigenvalue weighted by atomic mass is 28.3. The van der Waals surface area contributed by atoms with Crippen molar-refractivity contribution in [2.24, 2.45) is 0 Å². The lowest BCUT2D eigenvalue weighted by atomic mass is 10.1. The van der Waals surface area contributed by atoms with Crippen molar-refractivity contribution in [3.8, 4) is 11.3 Å². The molecule has 7 nitrogen and oxygen atoms in total. The van der Waals surface area contributed by atoms with E-state index in [2.05, 4.69) is 29.6 Å². The first-order valence-electron chi connectivity index (χ1n) is 9.49. The highest BCUT2D eigenvalue weighted by Crippen LogP contribution is 2.38. The predicted molar refractivity (Wildman–Crippen MR) is 108 cm³/mol. The van der Waals surface area contributed by atoms with Gasteiger partial charge in [-0.25, -0.2) is 23.1 Å². The number of H-pyrrole nitrogens is 1. The molecule has 2 heterocycles. The average molecular weight is 477 g/mol. The van der Waals surface area contributed by atoms with Crippen LogP contribution in [0.1, 0.15) is 17.7 Å². The Morgan fingerprint density at radius 3 is 2.50 bits per heavy atom. The molecule has 0 radical (unpaired) electrons. The monoisotopic (exact) mass is 477 g/mol. The van der Waals surface area contributed by atoms with Crippen LogP contribution in [0.4, 0.5) is 22.0 Å². The van der Waals surface area contributed by atoms with Crippen LogP contribution in [0.5, 0.6) is 0 Å². The van der Waals surface area contributed by atoms with Crippen LogP contribution in [0.25, 0.3) is 22.4 Å². The van der Waals surface area contributed by atoms with Crippen molar-refractivity contribution in [3.05, 3.63) is 50.5 Å². The molecule has 0 aliphatic heterocycles. The van der Waals surface area contributed by atoms with Crippen molar-refractivity contribution in [2.75, 3.05) is 6.61 Å². The highest BCUT2D eigenvalue weighted by molar-refractivity contribution is 6.76. The first-order valence-corrected chi connectivity index (χ1v) is 13.2. The third kappa shape index (κ3) is 4.98. The Kier molecular flexibility index (Phi) is 6.42. The maximum Gasteiger partial charge on any atom is 0.421 e. The summed E-state index contributed by atoms with van der Waals surface area (Å²) in [6.45, 7) is 6.04. The van der Waals surface area contributed by atoms with Crippen LogP contribution >= 0.6 is 0 Å². The van der Waals surface area contributed by atoms with Crippen LogP contribution in [0.15, 0.2) is 32.3 Å². The lowest BCUT2D eigenvalue weighted by Gasteiger charge is -2.16. The molecule has 0 bridgehead atoms. The van der Waals surface area contributed by atoms with Crippen molar-refractivity contribution in [1.29, 1.82) is 0 Å². The van der Waals surface area contributed by atoms with Crippen LogP contribution in [0.2, 0.25) is 25.7 Å². The summed E-state index contributed by atoms with van der Waals surface area (Å²) >= 11 is 0. The number of alkyl halides is 5. The number of nitrogens with zero attached hydrogens (tertiary/aromatic N) is 2. The molecule has 0 saturated heterocycles. The fourth-order valence-corrected chi connectivity index (χ4v) is 3.72. The Hall–Kier alpha value is -2.80. The van der Waals surface area contributed by atoms with Crippen molar-refractivity contribution in [1.82, 2.24) is 14.5 Å². The maximum atomic E-state index is 13.7. The Morgan fingerprint density at radius 1 is 1.22 bits per heavy atom. The summed E-state index contributed by atoms with van der Waals surface area (Å²) in [4.78, 5) is 29.5. The van der Waals surface area contributed by atoms with Gasteiger partial charge in [0.15, 0.2) is 11.3 Å². The SMILES string of the molecule is C[Si](C)(C)CCOCn1c(=O)oc2c(-c3c[nH]c(=O)c(C(F)F)n3)ccc(C(F)(F)F)c21. The second kappa shape index (κ2) is 8.62. The lowest BCUT2D eigenvalue weighted by molar-refractivity contribution is -0.136. The fourth-order valence-electron chi connectivity index (χ4n) is 2.96. The van der Waals surface area contributed by atoms with E-state index in [0.29, 0.717) is 10.6 Å². The molecule has 0 saturated carbocycles. The number of fused-ring (bicyclic) bond motifs is 1. The molecule has 0 aliphatic carbocycles. The molecule has 1 aromatic carbocycles. The molecular weight excluding hydrogens is 457 g/mol. The maximum absolute atomic E-state index is 13.7. The van der Waals surface area contributed by atoms with Crippen LogP contribution in [0, 0.1) is 0 Å². The van der Waals surface area contributed by atoms with Crippen LogP contribution in [0.3, 0.4) is 0 Å². The molecule has 3 aromatic rings. The number of hydrogen-bond donors (Lipinski definition) is 1. The zero-order valence-electron chi connectivity index (χ0n) is 17.3. The fraction of sp³-hybridized carbons (Fsp3) is 0.421. The number of ether oxygens (including phenoxy) is 1. The van der Waals surface area contributed by atoms with E-state index < -0.39 is 61.1 Å². The summed E-state index contributed by atoms with van der Waals surface area (Å²) in [7, 11) is -1.47. The van der Waals surface area contributed by atoms with E-state index in [1.54, 1.807) is 0 Å². The second-order valence-electron chi connectivity index (χ2n) is 8.28. The number of oxazole rings is 1. The molecule has 0 fully saturated rings. The van der Waals surface area contributed by atoms with E-state index in [-0.39, 0.29) is 17.9 Å². The molecule has 0 spiro atoms. The van der Waals surface area contributed by atoms with Gasteiger partial charge >= 0.3 is 11.9 Å². The first-order chi connectivity index (χ1) is 14.8. The van der Waals surface area contributed by atoms with Crippen molar-refractivity contribution in [3.63, 3.8) is 0 Å². The molecule has 2 aromatic heterocycles. The smallest absolute Gasteiger partial charge is 0.407 e. The molecule has 1 N–H and O–H groups in total. The van der Waals surface area contributed by atoms with Gasteiger partial charge < -0.3 is 14.1 Å². The van der Waals surface area contributed by atoms with Gasteiger partial charge in [0.05, 0.1) is 11.3 Å². The topological polar surface area (TPSA) is 90.1 Å². The van der Waals surface area contributed by atoms with Gasteiger partial charge in [0, 0.05) is 26.4 Å². The highest BCUT2D eigenvalue weighted by Gasteiger charge is 2.36. The third-order valence-electron chi connectivity index (χ3n) is 4.63. The van der Waals surface area contributed by atoms with Crippen molar-refractivity contribution in [2.45, 2.75) is 45.0 Å². The Bertz CT molecular complexity index is 1240. The molecule has 0 atom stereocenters. The largest absolute Gasteiger partial charge is 0.421 e. The zero-order valence-corrected chi connectivity index (χ0v) is 18.3. The summed E-state index contributed by atoms with van der Waals surface area (Å²) in [5.74, 6) is -1.11. The normalized spacial score (nSPS) is 12.8. The number of aromatic amines is 1. The standard InChI is InChI=1S/C19H20F5N3O4Si/c1-32(2,3)7-6-30-9-27-14-11(19(22,23)24)5-4-10(15(14)31-18(27)29)12-8-25-17(28)13(26-12)16(20)21/h4-5,8,16H,6-7,9H2,1-3H3,(H,25,28). The summed E-state index contributed by atoms with van der Waals surface area (Å²) in [5.41, 5.74) is -4.94. The number of benzene rings is 1. The predicted octanol–water partition coefficient (Wildman–Crippen LogP) is 4.61. The van der Waals surface area contributed by atoms with Gasteiger partial charge in [0.1, 0.15) is 12.2 Å². The number of aromatic nitrogens is 3. The summed E-state index contributed by atoms with van der Waals surface area (Å²) in [6.07, 6.45) is -7.09. The van der Waals surface area contributed by atoms with Gasteiger partial charge in [-0.2, -0.15) is 13.2 Å². The van der Waals surface area contributed by atoms with E-state index >= 15 is 0 Å². The first kappa shape index (κ1) is 23.9. The molecule has 0 aliphatic rings. The number of hydrogen-bond acceptors (Lipinski definition) is 5. The van der Waals surface area contributed by atoms with E-state index in [9.17, 15) is 31.5 Å². The van der Waals surface area contributed by atoms with Crippen molar-refractivity contribution < 1.29 is 31.1 Å². The number of halogens is 5. The minimum Gasteiger partial charge on any atom is -0.407 e. The van der Waals surface area contributed by atoms with E-state index in [1.807, 2.05) is 0 Å². The van der Waals surface area contributed by atoms with Gasteiger partial charge in [-0.3, -0.25) is 4.79 Å². The molecule has 32 heavy (non-hydrogen) atoms. The summed E-state index contributed by atoms with van der Waals surface area (Å²) < 4.78 is 78.3.